The summed E-state index contributed by atoms with van der Waals surface area (Å²) in [5.41, 5.74) is 1.74. The molecular formula is C21H33NO2. The van der Waals surface area contributed by atoms with Crippen molar-refractivity contribution in [2.75, 3.05) is 6.54 Å². The van der Waals surface area contributed by atoms with Crippen molar-refractivity contribution in [3.63, 3.8) is 0 Å². The quantitative estimate of drug-likeness (QED) is 0.621. The van der Waals surface area contributed by atoms with E-state index in [1.165, 1.54) is 56.9 Å². The van der Waals surface area contributed by atoms with Crippen molar-refractivity contribution < 1.29 is 9.53 Å². The number of esters is 1. The first kappa shape index (κ1) is 16.6. The molecule has 0 aromatic rings. The van der Waals surface area contributed by atoms with Gasteiger partial charge in [0.05, 0.1) is 5.92 Å². The molecule has 4 rings (SSSR count). The third-order valence-electron chi connectivity index (χ3n) is 7.55. The fourth-order valence-electron chi connectivity index (χ4n) is 6.09. The second kappa shape index (κ2) is 6.48. The van der Waals surface area contributed by atoms with Crippen LogP contribution in [0.15, 0.2) is 12.2 Å². The monoisotopic (exact) mass is 331 g/mol. The third-order valence-corrected chi connectivity index (χ3v) is 7.55. The highest BCUT2D eigenvalue weighted by Gasteiger charge is 2.54. The van der Waals surface area contributed by atoms with Crippen molar-refractivity contribution in [3.05, 3.63) is 12.2 Å². The van der Waals surface area contributed by atoms with Crippen LogP contribution in [-0.4, -0.2) is 24.7 Å². The van der Waals surface area contributed by atoms with Gasteiger partial charge in [-0.25, -0.2) is 0 Å². The van der Waals surface area contributed by atoms with E-state index in [1.54, 1.807) is 0 Å². The average molecular weight is 332 g/mol. The van der Waals surface area contributed by atoms with Gasteiger partial charge in [-0.1, -0.05) is 38.3 Å². The molecule has 1 N–H and O–H groups in total. The smallest absolute Gasteiger partial charge is 0.310 e. The molecule has 0 aromatic heterocycles. The van der Waals surface area contributed by atoms with E-state index >= 15 is 0 Å². The molecule has 1 aliphatic heterocycles. The van der Waals surface area contributed by atoms with Crippen molar-refractivity contribution in [3.8, 4) is 0 Å². The van der Waals surface area contributed by atoms with E-state index in [-0.39, 0.29) is 18.0 Å². The minimum absolute atomic E-state index is 0.0566. The average Bonchev–Trinajstić information content (AvgIpc) is 2.86. The minimum atomic E-state index is 0.0566. The van der Waals surface area contributed by atoms with Crippen LogP contribution in [0.5, 0.6) is 0 Å². The summed E-state index contributed by atoms with van der Waals surface area (Å²) in [7, 11) is 0. The maximum atomic E-state index is 12.5. The number of fused-ring (bicyclic) bond motifs is 2. The summed E-state index contributed by atoms with van der Waals surface area (Å²) in [4.78, 5) is 12.5. The van der Waals surface area contributed by atoms with Gasteiger partial charge in [0.15, 0.2) is 0 Å². The Labute approximate surface area is 146 Å². The molecule has 0 aromatic carbocycles. The van der Waals surface area contributed by atoms with Gasteiger partial charge in [0, 0.05) is 18.5 Å². The molecule has 5 atom stereocenters. The zero-order valence-corrected chi connectivity index (χ0v) is 15.2. The van der Waals surface area contributed by atoms with Gasteiger partial charge in [0.25, 0.3) is 0 Å². The van der Waals surface area contributed by atoms with E-state index in [4.69, 9.17) is 4.74 Å². The Kier molecular flexibility index (Phi) is 4.49. The highest BCUT2D eigenvalue weighted by molar-refractivity contribution is 5.75. The molecule has 3 heteroatoms. The summed E-state index contributed by atoms with van der Waals surface area (Å²) in [5.74, 6) is 1.12. The van der Waals surface area contributed by atoms with E-state index in [0.717, 1.165) is 19.4 Å². The molecule has 1 saturated heterocycles. The Morgan fingerprint density at radius 2 is 2.04 bits per heavy atom. The van der Waals surface area contributed by atoms with Crippen molar-refractivity contribution in [1.82, 2.24) is 5.32 Å². The lowest BCUT2D eigenvalue weighted by Crippen LogP contribution is -2.46. The van der Waals surface area contributed by atoms with Crippen molar-refractivity contribution in [1.29, 1.82) is 0 Å². The van der Waals surface area contributed by atoms with Crippen molar-refractivity contribution >= 4 is 5.97 Å². The first-order valence-electron chi connectivity index (χ1n) is 10.2. The Morgan fingerprint density at radius 1 is 1.25 bits per heavy atom. The Balaban J connectivity index is 1.43. The second-order valence-electron chi connectivity index (χ2n) is 9.15. The molecule has 3 nitrogen and oxygen atoms in total. The fraction of sp³-hybridized carbons (Fsp3) is 0.857. The van der Waals surface area contributed by atoms with Crippen LogP contribution in [0.3, 0.4) is 0 Å². The summed E-state index contributed by atoms with van der Waals surface area (Å²) < 4.78 is 5.86. The standard InChI is InChI=1S/C21H33NO2/c1-14-7-6-10-21(2)12-19-16(11-18(14)21)17(20(23)24-19)13-22-15-8-4-3-5-9-15/h15-19,22H,1,3-13H2,2H3. The Bertz CT molecular complexity index is 510. The number of ether oxygens (including phenoxy) is 1. The number of hydrogen-bond donors (Lipinski definition) is 1. The van der Waals surface area contributed by atoms with Gasteiger partial charge in [-0.15, -0.1) is 0 Å². The maximum Gasteiger partial charge on any atom is 0.310 e. The van der Waals surface area contributed by atoms with Crippen LogP contribution in [0.2, 0.25) is 0 Å². The van der Waals surface area contributed by atoms with Crippen LogP contribution in [-0.2, 0) is 9.53 Å². The Morgan fingerprint density at radius 3 is 2.83 bits per heavy atom. The molecule has 3 aliphatic carbocycles. The molecule has 134 valence electrons. The number of rotatable bonds is 3. The lowest BCUT2D eigenvalue weighted by Gasteiger charge is -2.50. The SMILES string of the molecule is C=C1CCCC2(C)CC3OC(=O)C(CNC4CCCCC4)C3CC12. The lowest BCUT2D eigenvalue weighted by atomic mass is 9.55. The fourth-order valence-corrected chi connectivity index (χ4v) is 6.09. The maximum absolute atomic E-state index is 12.5. The minimum Gasteiger partial charge on any atom is -0.462 e. The zero-order chi connectivity index (χ0) is 16.7. The summed E-state index contributed by atoms with van der Waals surface area (Å²) in [6.07, 6.45) is 12.6. The summed E-state index contributed by atoms with van der Waals surface area (Å²) >= 11 is 0. The number of hydrogen-bond acceptors (Lipinski definition) is 3. The molecule has 1 heterocycles. The largest absolute Gasteiger partial charge is 0.462 e. The molecule has 0 radical (unpaired) electrons. The van der Waals surface area contributed by atoms with Crippen LogP contribution in [0.4, 0.5) is 0 Å². The van der Waals surface area contributed by atoms with E-state index in [9.17, 15) is 4.79 Å². The van der Waals surface area contributed by atoms with Gasteiger partial charge in [0.2, 0.25) is 0 Å². The Hall–Kier alpha value is -0.830. The predicted molar refractivity (Wildman–Crippen MR) is 95.6 cm³/mol. The summed E-state index contributed by atoms with van der Waals surface area (Å²) in [6, 6.07) is 0.615. The number of nitrogens with one attached hydrogen (secondary N) is 1. The van der Waals surface area contributed by atoms with E-state index in [0.29, 0.717) is 23.3 Å². The highest BCUT2D eigenvalue weighted by Crippen LogP contribution is 2.56. The number of carbonyl (C=O) groups is 1. The normalized spacial score (nSPS) is 43.2. The first-order valence-corrected chi connectivity index (χ1v) is 10.2. The van der Waals surface area contributed by atoms with Crippen LogP contribution >= 0.6 is 0 Å². The molecule has 5 unspecified atom stereocenters. The predicted octanol–water partition coefficient (Wildman–Crippen LogP) is 4.22. The summed E-state index contributed by atoms with van der Waals surface area (Å²) in [6.45, 7) is 7.60. The number of carbonyl (C=O) groups excluding carboxylic acids is 1. The second-order valence-corrected chi connectivity index (χ2v) is 9.15. The molecule has 0 amide bonds. The van der Waals surface area contributed by atoms with E-state index in [1.807, 2.05) is 0 Å². The molecule has 4 aliphatic rings. The van der Waals surface area contributed by atoms with Crippen molar-refractivity contribution in [2.24, 2.45) is 23.2 Å². The highest BCUT2D eigenvalue weighted by atomic mass is 16.6. The molecular weight excluding hydrogens is 298 g/mol. The van der Waals surface area contributed by atoms with Gasteiger partial charge >= 0.3 is 5.97 Å². The van der Waals surface area contributed by atoms with Crippen molar-refractivity contribution in [2.45, 2.75) is 83.3 Å². The van der Waals surface area contributed by atoms with Gasteiger partial charge in [-0.2, -0.15) is 0 Å². The number of allylic oxidation sites excluding steroid dienone is 1. The van der Waals surface area contributed by atoms with E-state index < -0.39 is 0 Å². The molecule has 0 bridgehead atoms. The molecule has 4 fully saturated rings. The van der Waals surface area contributed by atoms with E-state index in [2.05, 4.69) is 18.8 Å². The van der Waals surface area contributed by atoms with Crippen LogP contribution in [0.1, 0.15) is 71.1 Å². The molecule has 3 saturated carbocycles. The third kappa shape index (κ3) is 2.94. The van der Waals surface area contributed by atoms with Gasteiger partial charge in [-0.05, 0) is 56.3 Å². The summed E-state index contributed by atoms with van der Waals surface area (Å²) in [5, 5.41) is 3.70. The first-order chi connectivity index (χ1) is 11.6. The topological polar surface area (TPSA) is 38.3 Å². The lowest BCUT2D eigenvalue weighted by molar-refractivity contribution is -0.146. The molecule has 24 heavy (non-hydrogen) atoms. The zero-order valence-electron chi connectivity index (χ0n) is 15.2. The van der Waals surface area contributed by atoms with Gasteiger partial charge in [-0.3, -0.25) is 4.79 Å². The van der Waals surface area contributed by atoms with Gasteiger partial charge < -0.3 is 10.1 Å². The van der Waals surface area contributed by atoms with Crippen LogP contribution in [0.25, 0.3) is 0 Å². The van der Waals surface area contributed by atoms with Gasteiger partial charge in [0.1, 0.15) is 6.10 Å². The van der Waals surface area contributed by atoms with Crippen LogP contribution in [0, 0.1) is 23.2 Å². The molecule has 0 spiro atoms. The van der Waals surface area contributed by atoms with Crippen LogP contribution < -0.4 is 5.32 Å².